The molecule has 7 heteroatoms. The van der Waals surface area contributed by atoms with Crippen molar-refractivity contribution < 1.29 is 9.18 Å². The Morgan fingerprint density at radius 2 is 1.72 bits per heavy atom. The molecular formula is C22H21FN4OS. The fourth-order valence-corrected chi connectivity index (χ4v) is 4.13. The van der Waals surface area contributed by atoms with Crippen molar-refractivity contribution in [2.45, 2.75) is 18.0 Å². The van der Waals surface area contributed by atoms with Gasteiger partial charge in [0, 0.05) is 18.8 Å². The molecule has 0 bridgehead atoms. The number of rotatable bonds is 5. The highest BCUT2D eigenvalue weighted by molar-refractivity contribution is 7.99. The van der Waals surface area contributed by atoms with Crippen molar-refractivity contribution in [3.63, 3.8) is 0 Å². The van der Waals surface area contributed by atoms with E-state index in [0.717, 1.165) is 18.5 Å². The standard InChI is InChI=1S/C22H21FN4OS/c1-16-11-13-26(14-12-16)20(28)15-29-22-25-24-21(18-9-5-6-10-19(18)23)27(22)17-7-3-2-4-8-17/h2-10H,1,11-15H2. The number of aromatic nitrogens is 3. The molecule has 2 aromatic carbocycles. The molecule has 0 spiro atoms. The maximum atomic E-state index is 14.4. The van der Waals surface area contributed by atoms with E-state index in [4.69, 9.17) is 0 Å². The lowest BCUT2D eigenvalue weighted by Crippen LogP contribution is -2.37. The summed E-state index contributed by atoms with van der Waals surface area (Å²) >= 11 is 1.32. The number of amides is 1. The summed E-state index contributed by atoms with van der Waals surface area (Å²) in [4.78, 5) is 14.5. The van der Waals surface area contributed by atoms with Crippen molar-refractivity contribution in [2.75, 3.05) is 18.8 Å². The summed E-state index contributed by atoms with van der Waals surface area (Å²) in [6.07, 6.45) is 1.71. The second-order valence-corrected chi connectivity index (χ2v) is 7.82. The molecule has 0 N–H and O–H groups in total. The third-order valence-corrected chi connectivity index (χ3v) is 5.82. The third kappa shape index (κ3) is 4.24. The van der Waals surface area contributed by atoms with Gasteiger partial charge in [0.1, 0.15) is 5.82 Å². The number of para-hydroxylation sites is 1. The van der Waals surface area contributed by atoms with Crippen LogP contribution < -0.4 is 0 Å². The Bertz CT molecular complexity index is 1020. The lowest BCUT2D eigenvalue weighted by Gasteiger charge is -2.27. The summed E-state index contributed by atoms with van der Waals surface area (Å²) in [7, 11) is 0. The Morgan fingerprint density at radius 1 is 1.03 bits per heavy atom. The van der Waals surface area contributed by atoms with Crippen LogP contribution in [0.15, 0.2) is 71.9 Å². The van der Waals surface area contributed by atoms with E-state index in [0.29, 0.717) is 29.6 Å². The van der Waals surface area contributed by atoms with Crippen molar-refractivity contribution in [1.29, 1.82) is 0 Å². The van der Waals surface area contributed by atoms with Gasteiger partial charge in [-0.3, -0.25) is 9.36 Å². The van der Waals surface area contributed by atoms with Gasteiger partial charge < -0.3 is 4.90 Å². The highest BCUT2D eigenvalue weighted by Gasteiger charge is 2.22. The molecule has 1 amide bonds. The topological polar surface area (TPSA) is 51.0 Å². The average Bonchev–Trinajstić information content (AvgIpc) is 3.17. The molecule has 2 heterocycles. The zero-order chi connectivity index (χ0) is 20.2. The summed E-state index contributed by atoms with van der Waals surface area (Å²) in [6, 6.07) is 16.0. The van der Waals surface area contributed by atoms with E-state index >= 15 is 0 Å². The Hall–Kier alpha value is -2.93. The molecule has 1 fully saturated rings. The summed E-state index contributed by atoms with van der Waals surface area (Å²) in [5, 5.41) is 9.06. The molecule has 4 rings (SSSR count). The van der Waals surface area contributed by atoms with Crippen LogP contribution in [0, 0.1) is 5.82 Å². The molecule has 1 saturated heterocycles. The van der Waals surface area contributed by atoms with Gasteiger partial charge in [-0.2, -0.15) is 0 Å². The second kappa shape index (κ2) is 8.61. The van der Waals surface area contributed by atoms with E-state index < -0.39 is 0 Å². The minimum absolute atomic E-state index is 0.0672. The van der Waals surface area contributed by atoms with E-state index in [1.165, 1.54) is 23.4 Å². The van der Waals surface area contributed by atoms with Crippen LogP contribution in [0.3, 0.4) is 0 Å². The Labute approximate surface area is 173 Å². The highest BCUT2D eigenvalue weighted by Crippen LogP contribution is 2.29. The summed E-state index contributed by atoms with van der Waals surface area (Å²) in [5.41, 5.74) is 2.39. The van der Waals surface area contributed by atoms with Crippen LogP contribution in [0.5, 0.6) is 0 Å². The maximum Gasteiger partial charge on any atom is 0.233 e. The lowest BCUT2D eigenvalue weighted by molar-refractivity contribution is -0.128. The van der Waals surface area contributed by atoms with Gasteiger partial charge >= 0.3 is 0 Å². The van der Waals surface area contributed by atoms with Crippen molar-refractivity contribution >= 4 is 17.7 Å². The molecule has 29 heavy (non-hydrogen) atoms. The number of carbonyl (C=O) groups is 1. The van der Waals surface area contributed by atoms with Gasteiger partial charge in [-0.1, -0.05) is 54.2 Å². The summed E-state index contributed by atoms with van der Waals surface area (Å²) in [6.45, 7) is 5.41. The number of carbonyl (C=O) groups excluding carboxylic acids is 1. The molecule has 0 unspecified atom stereocenters. The van der Waals surface area contributed by atoms with E-state index in [9.17, 15) is 9.18 Å². The van der Waals surface area contributed by atoms with Gasteiger partial charge in [-0.05, 0) is 37.1 Å². The number of likely N-dealkylation sites (tertiary alicyclic amines) is 1. The summed E-state index contributed by atoms with van der Waals surface area (Å²) < 4.78 is 16.2. The van der Waals surface area contributed by atoms with Crippen LogP contribution in [0.2, 0.25) is 0 Å². The lowest BCUT2D eigenvalue weighted by atomic mass is 10.1. The van der Waals surface area contributed by atoms with Crippen LogP contribution in [0.1, 0.15) is 12.8 Å². The molecular weight excluding hydrogens is 387 g/mol. The third-order valence-electron chi connectivity index (χ3n) is 4.91. The molecule has 5 nitrogen and oxygen atoms in total. The van der Waals surface area contributed by atoms with E-state index in [-0.39, 0.29) is 17.5 Å². The molecule has 0 radical (unpaired) electrons. The van der Waals surface area contributed by atoms with Crippen LogP contribution in [0.4, 0.5) is 4.39 Å². The van der Waals surface area contributed by atoms with E-state index in [1.54, 1.807) is 22.8 Å². The summed E-state index contributed by atoms with van der Waals surface area (Å²) in [5.74, 6) is 0.378. The number of halogens is 1. The molecule has 148 valence electrons. The van der Waals surface area contributed by atoms with Crippen molar-refractivity contribution in [1.82, 2.24) is 19.7 Å². The first-order valence-electron chi connectivity index (χ1n) is 9.46. The average molecular weight is 409 g/mol. The van der Waals surface area contributed by atoms with E-state index in [2.05, 4.69) is 16.8 Å². The molecule has 3 aromatic rings. The SMILES string of the molecule is C=C1CCN(C(=O)CSc2nnc(-c3ccccc3F)n2-c2ccccc2)CC1. The highest BCUT2D eigenvalue weighted by atomic mass is 32.2. The van der Waals surface area contributed by atoms with E-state index in [1.807, 2.05) is 35.2 Å². The van der Waals surface area contributed by atoms with Gasteiger partial charge in [0.15, 0.2) is 11.0 Å². The largest absolute Gasteiger partial charge is 0.341 e. The van der Waals surface area contributed by atoms with Gasteiger partial charge in [0.2, 0.25) is 5.91 Å². The fraction of sp³-hybridized carbons (Fsp3) is 0.227. The molecule has 0 aliphatic carbocycles. The molecule has 0 saturated carbocycles. The maximum absolute atomic E-state index is 14.4. The molecule has 1 aliphatic heterocycles. The van der Waals surface area contributed by atoms with Crippen LogP contribution in [0.25, 0.3) is 17.1 Å². The minimum Gasteiger partial charge on any atom is -0.341 e. The Morgan fingerprint density at radius 3 is 2.45 bits per heavy atom. The van der Waals surface area contributed by atoms with Gasteiger partial charge in [-0.25, -0.2) is 4.39 Å². The van der Waals surface area contributed by atoms with Gasteiger partial charge in [0.25, 0.3) is 0 Å². The molecule has 0 atom stereocenters. The van der Waals surface area contributed by atoms with Gasteiger partial charge in [0.05, 0.1) is 11.3 Å². The monoisotopic (exact) mass is 408 g/mol. The number of nitrogens with zero attached hydrogens (tertiary/aromatic N) is 4. The number of hydrogen-bond acceptors (Lipinski definition) is 4. The van der Waals surface area contributed by atoms with Crippen molar-refractivity contribution in [3.05, 3.63) is 72.6 Å². The Balaban J connectivity index is 1.61. The number of benzene rings is 2. The van der Waals surface area contributed by atoms with Crippen molar-refractivity contribution in [2.24, 2.45) is 0 Å². The first kappa shape index (κ1) is 19.4. The number of hydrogen-bond donors (Lipinski definition) is 0. The minimum atomic E-state index is -0.363. The normalized spacial score (nSPS) is 14.2. The predicted molar refractivity (Wildman–Crippen MR) is 112 cm³/mol. The quantitative estimate of drug-likeness (QED) is 0.465. The van der Waals surface area contributed by atoms with Crippen LogP contribution >= 0.6 is 11.8 Å². The molecule has 1 aliphatic rings. The zero-order valence-corrected chi connectivity index (χ0v) is 16.7. The van der Waals surface area contributed by atoms with Crippen molar-refractivity contribution in [3.8, 4) is 17.1 Å². The second-order valence-electron chi connectivity index (χ2n) is 6.88. The number of thioether (sulfide) groups is 1. The van der Waals surface area contributed by atoms with Gasteiger partial charge in [-0.15, -0.1) is 10.2 Å². The first-order chi connectivity index (χ1) is 14.1. The first-order valence-corrected chi connectivity index (χ1v) is 10.4. The smallest absolute Gasteiger partial charge is 0.233 e. The van der Waals surface area contributed by atoms with Crippen LogP contribution in [-0.4, -0.2) is 44.4 Å². The number of piperidine rings is 1. The molecule has 1 aromatic heterocycles. The van der Waals surface area contributed by atoms with Crippen LogP contribution in [-0.2, 0) is 4.79 Å². The fourth-order valence-electron chi connectivity index (χ4n) is 3.28. The predicted octanol–water partition coefficient (Wildman–Crippen LogP) is 4.34. The zero-order valence-electron chi connectivity index (χ0n) is 15.9. The Kier molecular flexibility index (Phi) is 5.76.